The fourth-order valence-electron chi connectivity index (χ4n) is 4.01. The van der Waals surface area contributed by atoms with Crippen molar-refractivity contribution in [2.75, 3.05) is 5.32 Å². The minimum Gasteiger partial charge on any atom is -0.326 e. The maximum atomic E-state index is 13.6. The van der Waals surface area contributed by atoms with Crippen molar-refractivity contribution in [1.29, 1.82) is 0 Å². The summed E-state index contributed by atoms with van der Waals surface area (Å²) in [6.45, 7) is 8.21. The lowest BCUT2D eigenvalue weighted by Gasteiger charge is -2.27. The van der Waals surface area contributed by atoms with Gasteiger partial charge >= 0.3 is 0 Å². The van der Waals surface area contributed by atoms with Crippen LogP contribution in [0.15, 0.2) is 61.2 Å². The van der Waals surface area contributed by atoms with Gasteiger partial charge in [-0.05, 0) is 59.2 Å². The van der Waals surface area contributed by atoms with Crippen LogP contribution in [-0.4, -0.2) is 31.5 Å². The molecule has 8 heteroatoms. The molecule has 0 aliphatic heterocycles. The monoisotopic (exact) mass is 444 g/mol. The quantitative estimate of drug-likeness (QED) is 0.397. The second kappa shape index (κ2) is 9.28. The Labute approximate surface area is 191 Å². The van der Waals surface area contributed by atoms with Crippen molar-refractivity contribution in [2.45, 2.75) is 38.5 Å². The predicted molar refractivity (Wildman–Crippen MR) is 126 cm³/mol. The molecule has 0 saturated carbocycles. The number of H-pyrrole nitrogens is 1. The molecule has 0 spiro atoms. The van der Waals surface area contributed by atoms with Crippen LogP contribution < -0.4 is 5.32 Å². The molecule has 2 N–H and O–H groups in total. The molecule has 0 atom stereocenters. The summed E-state index contributed by atoms with van der Waals surface area (Å²) in [5, 5.41) is 18.0. The summed E-state index contributed by atoms with van der Waals surface area (Å²) in [6, 6.07) is 15.7. The second-order valence-corrected chi connectivity index (χ2v) is 8.06. The molecule has 0 saturated heterocycles. The van der Waals surface area contributed by atoms with Crippen LogP contribution in [0.5, 0.6) is 0 Å². The highest BCUT2D eigenvalue weighted by Crippen LogP contribution is 2.33. The molecule has 7 nitrogen and oxygen atoms in total. The lowest BCUT2D eigenvalue weighted by molar-refractivity contribution is -0.117. The molecule has 2 heterocycles. The van der Waals surface area contributed by atoms with Crippen LogP contribution in [0, 0.1) is 5.82 Å². The molecular formula is C25H25FN6O. The first-order valence-corrected chi connectivity index (χ1v) is 10.8. The van der Waals surface area contributed by atoms with Gasteiger partial charge in [-0.1, -0.05) is 38.6 Å². The minimum atomic E-state index is -0.459. The van der Waals surface area contributed by atoms with Crippen molar-refractivity contribution in [2.24, 2.45) is 0 Å². The topological polar surface area (TPSA) is 96.5 Å². The molecular weight excluding hydrogens is 419 g/mol. The maximum Gasteiger partial charge on any atom is 0.225 e. The number of carbonyl (C=O) groups is 1. The molecule has 1 amide bonds. The van der Waals surface area contributed by atoms with E-state index in [0.717, 1.165) is 23.8 Å². The Bertz CT molecular complexity index is 1300. The van der Waals surface area contributed by atoms with E-state index in [4.69, 9.17) is 0 Å². The third-order valence-corrected chi connectivity index (χ3v) is 6.16. The lowest BCUT2D eigenvalue weighted by atomic mass is 9.78. The van der Waals surface area contributed by atoms with E-state index in [1.165, 1.54) is 12.1 Å². The molecule has 2 aromatic carbocycles. The average molecular weight is 445 g/mol. The number of carbonyl (C=O) groups excluding carboxylic acids is 1. The van der Waals surface area contributed by atoms with E-state index >= 15 is 0 Å². The first kappa shape index (κ1) is 22.3. The Kier molecular flexibility index (Phi) is 6.26. The van der Waals surface area contributed by atoms with Crippen molar-refractivity contribution in [1.82, 2.24) is 25.6 Å². The molecule has 0 aliphatic carbocycles. The summed E-state index contributed by atoms with van der Waals surface area (Å²) in [6.07, 6.45) is 1.69. The van der Waals surface area contributed by atoms with Gasteiger partial charge in [-0.2, -0.15) is 0 Å². The number of pyridine rings is 1. The first-order chi connectivity index (χ1) is 15.9. The van der Waals surface area contributed by atoms with E-state index in [0.29, 0.717) is 28.3 Å². The highest BCUT2D eigenvalue weighted by Gasteiger charge is 2.34. The molecule has 0 aliphatic rings. The smallest absolute Gasteiger partial charge is 0.225 e. The highest BCUT2D eigenvalue weighted by atomic mass is 19.1. The van der Waals surface area contributed by atoms with E-state index in [1.807, 2.05) is 50.2 Å². The molecule has 2 aromatic heterocycles. The summed E-state index contributed by atoms with van der Waals surface area (Å²) in [5.41, 5.74) is 2.90. The van der Waals surface area contributed by atoms with Crippen molar-refractivity contribution in [3.8, 4) is 0 Å². The molecule has 0 fully saturated rings. The molecule has 0 bridgehead atoms. The van der Waals surface area contributed by atoms with Crippen LogP contribution in [0.25, 0.3) is 16.5 Å². The number of fused-ring (bicyclic) bond motifs is 1. The number of anilines is 1. The Morgan fingerprint density at radius 1 is 1.12 bits per heavy atom. The van der Waals surface area contributed by atoms with Crippen molar-refractivity contribution >= 4 is 28.1 Å². The fraction of sp³-hybridized carbons (Fsp3) is 0.240. The molecule has 33 heavy (non-hydrogen) atoms. The molecule has 0 unspecified atom stereocenters. The molecule has 168 valence electrons. The number of aromatic amines is 1. The van der Waals surface area contributed by atoms with Gasteiger partial charge in [-0.3, -0.25) is 4.79 Å². The van der Waals surface area contributed by atoms with E-state index in [2.05, 4.69) is 37.5 Å². The standard InChI is InChI=1S/C25H25FN6O/c1-4-25(5-2,24-29-31-32-30-24)15-23(33)27-20-8-6-7-18(13-20)16(3)21-12-10-17-9-11-19(26)14-22(17)28-21/h6-14H,3-5,15H2,1-2H3,(H,27,33)(H,29,30,31,32). The third-order valence-electron chi connectivity index (χ3n) is 6.16. The van der Waals surface area contributed by atoms with Crippen molar-refractivity contribution in [3.63, 3.8) is 0 Å². The normalized spacial score (nSPS) is 11.5. The predicted octanol–water partition coefficient (Wildman–Crippen LogP) is 5.04. The highest BCUT2D eigenvalue weighted by molar-refractivity contribution is 5.92. The van der Waals surface area contributed by atoms with Gasteiger partial charge in [0.2, 0.25) is 5.91 Å². The summed E-state index contributed by atoms with van der Waals surface area (Å²) < 4.78 is 13.6. The second-order valence-electron chi connectivity index (χ2n) is 8.06. The summed E-state index contributed by atoms with van der Waals surface area (Å²) >= 11 is 0. The van der Waals surface area contributed by atoms with Crippen molar-refractivity contribution in [3.05, 3.63) is 84.1 Å². The van der Waals surface area contributed by atoms with E-state index < -0.39 is 5.41 Å². The summed E-state index contributed by atoms with van der Waals surface area (Å²) in [7, 11) is 0. The van der Waals surface area contributed by atoms with Crippen LogP contribution in [0.1, 0.15) is 50.2 Å². The van der Waals surface area contributed by atoms with E-state index in [-0.39, 0.29) is 18.1 Å². The number of benzene rings is 2. The van der Waals surface area contributed by atoms with Gasteiger partial charge in [0.1, 0.15) is 5.82 Å². The van der Waals surface area contributed by atoms with Crippen LogP contribution in [0.4, 0.5) is 10.1 Å². The lowest BCUT2D eigenvalue weighted by Crippen LogP contribution is -2.32. The van der Waals surface area contributed by atoms with Crippen LogP contribution in [0.3, 0.4) is 0 Å². The SMILES string of the molecule is C=C(c1cccc(NC(=O)CC(CC)(CC)c2nnn[nH]2)c1)c1ccc2ccc(F)cc2n1. The zero-order valence-electron chi connectivity index (χ0n) is 18.6. The molecule has 4 rings (SSSR count). The van der Waals surface area contributed by atoms with Gasteiger partial charge < -0.3 is 5.32 Å². The number of amides is 1. The number of tetrazole rings is 1. The average Bonchev–Trinajstić information content (AvgIpc) is 3.37. The van der Waals surface area contributed by atoms with Crippen LogP contribution in [-0.2, 0) is 10.2 Å². The number of aromatic nitrogens is 5. The Balaban J connectivity index is 1.53. The van der Waals surface area contributed by atoms with E-state index in [1.54, 1.807) is 6.07 Å². The summed E-state index contributed by atoms with van der Waals surface area (Å²) in [4.78, 5) is 17.5. The number of hydrogen-bond acceptors (Lipinski definition) is 5. The van der Waals surface area contributed by atoms with Gasteiger partial charge in [-0.25, -0.2) is 14.5 Å². The number of nitrogens with one attached hydrogen (secondary N) is 2. The van der Waals surface area contributed by atoms with Crippen LogP contribution >= 0.6 is 0 Å². The van der Waals surface area contributed by atoms with Crippen LogP contribution in [0.2, 0.25) is 0 Å². The zero-order valence-corrected chi connectivity index (χ0v) is 18.6. The van der Waals surface area contributed by atoms with Gasteiger partial charge in [0.05, 0.1) is 11.2 Å². The Hall–Kier alpha value is -3.94. The maximum absolute atomic E-state index is 13.6. The minimum absolute atomic E-state index is 0.128. The first-order valence-electron chi connectivity index (χ1n) is 10.8. The Morgan fingerprint density at radius 3 is 2.64 bits per heavy atom. The Morgan fingerprint density at radius 2 is 1.91 bits per heavy atom. The van der Waals surface area contributed by atoms with E-state index in [9.17, 15) is 9.18 Å². The fourth-order valence-corrected chi connectivity index (χ4v) is 4.01. The largest absolute Gasteiger partial charge is 0.326 e. The van der Waals surface area contributed by atoms with Gasteiger partial charge in [0, 0.05) is 34.5 Å². The van der Waals surface area contributed by atoms with Gasteiger partial charge in [0.25, 0.3) is 0 Å². The zero-order chi connectivity index (χ0) is 23.4. The number of halogens is 1. The molecule has 4 aromatic rings. The number of hydrogen-bond donors (Lipinski definition) is 2. The van der Waals surface area contributed by atoms with Gasteiger partial charge in [-0.15, -0.1) is 5.10 Å². The van der Waals surface area contributed by atoms with Gasteiger partial charge in [0.15, 0.2) is 5.82 Å². The summed E-state index contributed by atoms with van der Waals surface area (Å²) in [5.74, 6) is 0.152. The van der Waals surface area contributed by atoms with Crippen molar-refractivity contribution < 1.29 is 9.18 Å². The number of nitrogens with zero attached hydrogens (tertiary/aromatic N) is 4. The molecule has 0 radical (unpaired) electrons. The number of rotatable bonds is 8. The third kappa shape index (κ3) is 4.64.